The molecule has 2 aromatic heterocycles. The van der Waals surface area contributed by atoms with Crippen LogP contribution in [0.2, 0.25) is 0 Å². The van der Waals surface area contributed by atoms with Gasteiger partial charge in [0.25, 0.3) is 0 Å². The van der Waals surface area contributed by atoms with Crippen LogP contribution >= 0.6 is 0 Å². The predicted octanol–water partition coefficient (Wildman–Crippen LogP) is 1.87. The molecule has 0 unspecified atom stereocenters. The SMILES string of the molecule is Cc1cc(=O)c(OCc2ncnn2C(C)(C)C)co1. The van der Waals surface area contributed by atoms with E-state index in [-0.39, 0.29) is 23.3 Å². The molecule has 0 aliphatic rings. The summed E-state index contributed by atoms with van der Waals surface area (Å²) in [6.45, 7) is 7.94. The number of nitrogens with zero attached hydrogens (tertiary/aromatic N) is 3. The molecule has 0 N–H and O–H groups in total. The van der Waals surface area contributed by atoms with Gasteiger partial charge in [-0.25, -0.2) is 9.67 Å². The average molecular weight is 263 g/mol. The first-order chi connectivity index (χ1) is 8.88. The fourth-order valence-electron chi connectivity index (χ4n) is 1.67. The van der Waals surface area contributed by atoms with Crippen LogP contribution in [-0.4, -0.2) is 14.8 Å². The Morgan fingerprint density at radius 2 is 2.16 bits per heavy atom. The van der Waals surface area contributed by atoms with Crippen molar-refractivity contribution in [3.05, 3.63) is 40.5 Å². The zero-order valence-electron chi connectivity index (χ0n) is 11.5. The number of rotatable bonds is 3. The van der Waals surface area contributed by atoms with Crippen molar-refractivity contribution in [3.8, 4) is 5.75 Å². The van der Waals surface area contributed by atoms with Crippen LogP contribution in [0.1, 0.15) is 32.4 Å². The predicted molar refractivity (Wildman–Crippen MR) is 69.1 cm³/mol. The van der Waals surface area contributed by atoms with Crippen LogP contribution < -0.4 is 10.2 Å². The molecule has 0 atom stereocenters. The molecule has 6 nitrogen and oxygen atoms in total. The summed E-state index contributed by atoms with van der Waals surface area (Å²) >= 11 is 0. The molecule has 2 rings (SSSR count). The van der Waals surface area contributed by atoms with Crippen LogP contribution in [0.15, 0.2) is 27.9 Å². The smallest absolute Gasteiger partial charge is 0.226 e. The van der Waals surface area contributed by atoms with Crippen molar-refractivity contribution in [2.45, 2.75) is 39.8 Å². The Hall–Kier alpha value is -2.11. The van der Waals surface area contributed by atoms with Gasteiger partial charge in [-0.1, -0.05) is 0 Å². The quantitative estimate of drug-likeness (QED) is 0.845. The minimum absolute atomic E-state index is 0.172. The molecule has 19 heavy (non-hydrogen) atoms. The monoisotopic (exact) mass is 263 g/mol. The summed E-state index contributed by atoms with van der Waals surface area (Å²) in [5.41, 5.74) is -0.391. The Balaban J connectivity index is 2.15. The first-order valence-corrected chi connectivity index (χ1v) is 5.99. The Bertz CT molecular complexity index is 623. The summed E-state index contributed by atoms with van der Waals surface area (Å²) in [4.78, 5) is 15.8. The highest BCUT2D eigenvalue weighted by Crippen LogP contribution is 2.15. The van der Waals surface area contributed by atoms with E-state index in [4.69, 9.17) is 9.15 Å². The van der Waals surface area contributed by atoms with Gasteiger partial charge in [0.15, 0.2) is 5.82 Å². The molecule has 0 spiro atoms. The summed E-state index contributed by atoms with van der Waals surface area (Å²) in [7, 11) is 0. The average Bonchev–Trinajstić information content (AvgIpc) is 2.75. The molecular weight excluding hydrogens is 246 g/mol. The zero-order valence-corrected chi connectivity index (χ0v) is 11.5. The molecule has 2 aromatic rings. The molecule has 6 heteroatoms. The maximum atomic E-state index is 11.7. The van der Waals surface area contributed by atoms with E-state index < -0.39 is 0 Å². The highest BCUT2D eigenvalue weighted by molar-refractivity contribution is 5.17. The Morgan fingerprint density at radius 3 is 2.79 bits per heavy atom. The first kappa shape index (κ1) is 13.3. The van der Waals surface area contributed by atoms with Gasteiger partial charge in [-0.2, -0.15) is 5.10 Å². The summed E-state index contributed by atoms with van der Waals surface area (Å²) in [6, 6.07) is 1.39. The van der Waals surface area contributed by atoms with E-state index in [0.717, 1.165) is 0 Å². The van der Waals surface area contributed by atoms with Crippen LogP contribution in [0, 0.1) is 6.92 Å². The normalized spacial score (nSPS) is 11.6. The van der Waals surface area contributed by atoms with Crippen molar-refractivity contribution in [2.75, 3.05) is 0 Å². The van der Waals surface area contributed by atoms with Crippen molar-refractivity contribution >= 4 is 0 Å². The summed E-state index contributed by atoms with van der Waals surface area (Å²) < 4.78 is 12.3. The van der Waals surface area contributed by atoms with Gasteiger partial charge >= 0.3 is 0 Å². The molecule has 102 valence electrons. The van der Waals surface area contributed by atoms with Crippen molar-refractivity contribution < 1.29 is 9.15 Å². The third-order valence-electron chi connectivity index (χ3n) is 2.54. The lowest BCUT2D eigenvalue weighted by atomic mass is 10.1. The Labute approximate surface area is 111 Å². The topological polar surface area (TPSA) is 70.2 Å². The lowest BCUT2D eigenvalue weighted by Gasteiger charge is -2.21. The third kappa shape index (κ3) is 3.01. The summed E-state index contributed by atoms with van der Waals surface area (Å²) in [5, 5.41) is 4.16. The van der Waals surface area contributed by atoms with Gasteiger partial charge in [0, 0.05) is 6.07 Å². The summed E-state index contributed by atoms with van der Waals surface area (Å²) in [5.74, 6) is 1.39. The molecule has 0 aliphatic carbocycles. The maximum absolute atomic E-state index is 11.7. The highest BCUT2D eigenvalue weighted by Gasteiger charge is 2.18. The first-order valence-electron chi connectivity index (χ1n) is 5.99. The molecule has 0 amide bonds. The van der Waals surface area contributed by atoms with Gasteiger partial charge in [-0.3, -0.25) is 4.79 Å². The van der Waals surface area contributed by atoms with E-state index >= 15 is 0 Å². The van der Waals surface area contributed by atoms with E-state index in [2.05, 4.69) is 10.1 Å². The fraction of sp³-hybridized carbons (Fsp3) is 0.462. The van der Waals surface area contributed by atoms with Gasteiger partial charge in [0.2, 0.25) is 11.2 Å². The second-order valence-corrected chi connectivity index (χ2v) is 5.27. The minimum Gasteiger partial charge on any atom is -0.478 e. The lowest BCUT2D eigenvalue weighted by Crippen LogP contribution is -2.26. The molecule has 0 saturated heterocycles. The standard InChI is InChI=1S/C13H17N3O3/c1-9-5-10(17)11(6-18-9)19-7-12-14-8-15-16(12)13(2,3)4/h5-6,8H,7H2,1-4H3. The fourth-order valence-corrected chi connectivity index (χ4v) is 1.67. The third-order valence-corrected chi connectivity index (χ3v) is 2.54. The van der Waals surface area contributed by atoms with Crippen LogP contribution in [-0.2, 0) is 12.1 Å². The lowest BCUT2D eigenvalue weighted by molar-refractivity contribution is 0.251. The zero-order chi connectivity index (χ0) is 14.0. The van der Waals surface area contributed by atoms with Crippen LogP contribution in [0.25, 0.3) is 0 Å². The van der Waals surface area contributed by atoms with Gasteiger partial charge in [-0.15, -0.1) is 0 Å². The molecular formula is C13H17N3O3. The van der Waals surface area contributed by atoms with Crippen LogP contribution in [0.5, 0.6) is 5.75 Å². The van der Waals surface area contributed by atoms with Crippen molar-refractivity contribution in [1.29, 1.82) is 0 Å². The number of hydrogen-bond acceptors (Lipinski definition) is 5. The minimum atomic E-state index is -0.203. The molecule has 0 bridgehead atoms. The van der Waals surface area contributed by atoms with E-state index in [1.807, 2.05) is 20.8 Å². The Morgan fingerprint density at radius 1 is 1.42 bits per heavy atom. The molecule has 0 aromatic carbocycles. The van der Waals surface area contributed by atoms with Gasteiger partial charge in [-0.05, 0) is 27.7 Å². The number of ether oxygens (including phenoxy) is 1. The molecule has 2 heterocycles. The number of aryl methyl sites for hydroxylation is 1. The second kappa shape index (κ2) is 4.87. The molecule has 0 fully saturated rings. The van der Waals surface area contributed by atoms with Gasteiger partial charge < -0.3 is 9.15 Å². The highest BCUT2D eigenvalue weighted by atomic mass is 16.5. The Kier molecular flexibility index (Phi) is 3.42. The van der Waals surface area contributed by atoms with E-state index in [9.17, 15) is 4.79 Å². The maximum Gasteiger partial charge on any atom is 0.226 e. The molecule has 0 aliphatic heterocycles. The van der Waals surface area contributed by atoms with Crippen molar-refractivity contribution in [1.82, 2.24) is 14.8 Å². The number of aromatic nitrogens is 3. The van der Waals surface area contributed by atoms with Gasteiger partial charge in [0.1, 0.15) is 25.0 Å². The number of hydrogen-bond donors (Lipinski definition) is 0. The second-order valence-electron chi connectivity index (χ2n) is 5.27. The van der Waals surface area contributed by atoms with E-state index in [0.29, 0.717) is 11.6 Å². The van der Waals surface area contributed by atoms with Crippen molar-refractivity contribution in [2.24, 2.45) is 0 Å². The van der Waals surface area contributed by atoms with Crippen LogP contribution in [0.3, 0.4) is 0 Å². The van der Waals surface area contributed by atoms with Gasteiger partial charge in [0.05, 0.1) is 5.54 Å². The van der Waals surface area contributed by atoms with Crippen molar-refractivity contribution in [3.63, 3.8) is 0 Å². The van der Waals surface area contributed by atoms with E-state index in [1.165, 1.54) is 18.7 Å². The van der Waals surface area contributed by atoms with Crippen LogP contribution in [0.4, 0.5) is 0 Å². The molecule has 0 saturated carbocycles. The largest absolute Gasteiger partial charge is 0.478 e. The molecule has 0 radical (unpaired) electrons. The summed E-state index contributed by atoms with van der Waals surface area (Å²) in [6.07, 6.45) is 2.79. The van der Waals surface area contributed by atoms with E-state index in [1.54, 1.807) is 11.6 Å².